The second kappa shape index (κ2) is 13.3. The molecule has 3 aliphatic heterocycles. The Kier molecular flexibility index (Phi) is 9.38. The number of rotatable bonds is 11. The molecule has 7 nitrogen and oxygen atoms in total. The van der Waals surface area contributed by atoms with Gasteiger partial charge in [0, 0.05) is 24.0 Å². The van der Waals surface area contributed by atoms with Gasteiger partial charge in [0.2, 0.25) is 11.8 Å². The van der Waals surface area contributed by atoms with Crippen molar-refractivity contribution in [2.45, 2.75) is 42.3 Å². The van der Waals surface area contributed by atoms with Gasteiger partial charge >= 0.3 is 0 Å². The predicted molar refractivity (Wildman–Crippen MR) is 190 cm³/mol. The summed E-state index contributed by atoms with van der Waals surface area (Å²) in [6, 6.07) is 22.4. The first-order chi connectivity index (χ1) is 22.7. The number of fused-ring (bicyclic) bond motifs is 1. The molecule has 7 atom stereocenters. The number of carbonyl (C=O) groups is 3. The molecular formula is C38H40ClN3O4S. The van der Waals surface area contributed by atoms with Gasteiger partial charge in [0.1, 0.15) is 6.04 Å². The van der Waals surface area contributed by atoms with Crippen LogP contribution in [0.15, 0.2) is 104 Å². The SMILES string of the molecule is C=CCN(C(=O)[C@@H]1[C@H]2C(=O)N([C@H](CO)c3ccccc3)C(C(=O)N(CC=C)c3c(C)cccc3Cl)C23S[C@@H]1CC3C)c1ccccc1. The fourth-order valence-electron chi connectivity index (χ4n) is 8.16. The molecular weight excluding hydrogens is 630 g/mol. The number of hydrogen-bond acceptors (Lipinski definition) is 5. The second-order valence-corrected chi connectivity index (χ2v) is 14.6. The number of nitrogens with zero attached hydrogens (tertiary/aromatic N) is 3. The minimum Gasteiger partial charge on any atom is -0.394 e. The van der Waals surface area contributed by atoms with Gasteiger partial charge in [-0.05, 0) is 48.6 Å². The molecule has 0 aromatic heterocycles. The number of anilines is 2. The summed E-state index contributed by atoms with van der Waals surface area (Å²) in [6.07, 6.45) is 4.02. The van der Waals surface area contributed by atoms with Crippen LogP contribution in [0.4, 0.5) is 11.4 Å². The number of halogens is 1. The number of thioether (sulfide) groups is 1. The van der Waals surface area contributed by atoms with Gasteiger partial charge in [0.15, 0.2) is 0 Å². The van der Waals surface area contributed by atoms with E-state index in [9.17, 15) is 9.90 Å². The standard InChI is InChI=1S/C38H40ClN3O4S/c1-5-20-40(27-17-11-8-12-18-27)35(44)31-30-22-25(4)38(47-30)32(31)36(45)42(29(23-43)26-15-9-7-10-16-26)34(38)37(46)41(21-6-2)33-24(3)14-13-19-28(33)39/h5-19,25,29-32,34,43H,1-2,20-23H2,3-4H3/t25?,29-,30-,31+,32+,34?,38?/m1/s1. The summed E-state index contributed by atoms with van der Waals surface area (Å²) >= 11 is 8.36. The summed E-state index contributed by atoms with van der Waals surface area (Å²) in [5.74, 6) is -2.23. The van der Waals surface area contributed by atoms with Crippen molar-refractivity contribution in [3.05, 3.63) is 120 Å². The normalized spacial score (nSPS) is 26.5. The van der Waals surface area contributed by atoms with Gasteiger partial charge in [-0.15, -0.1) is 24.9 Å². The highest BCUT2D eigenvalue weighted by molar-refractivity contribution is 8.02. The van der Waals surface area contributed by atoms with Crippen molar-refractivity contribution in [3.8, 4) is 0 Å². The molecule has 0 aliphatic carbocycles. The van der Waals surface area contributed by atoms with Crippen molar-refractivity contribution in [3.63, 3.8) is 0 Å². The fraction of sp³-hybridized carbons (Fsp3) is 0.342. The summed E-state index contributed by atoms with van der Waals surface area (Å²) < 4.78 is -0.910. The third kappa shape index (κ3) is 5.31. The molecule has 0 radical (unpaired) electrons. The highest BCUT2D eigenvalue weighted by atomic mass is 35.5. The summed E-state index contributed by atoms with van der Waals surface area (Å²) in [4.78, 5) is 49.9. The summed E-state index contributed by atoms with van der Waals surface area (Å²) in [5, 5.41) is 11.2. The predicted octanol–water partition coefficient (Wildman–Crippen LogP) is 6.46. The van der Waals surface area contributed by atoms with Crippen LogP contribution in [0.5, 0.6) is 0 Å². The lowest BCUT2D eigenvalue weighted by molar-refractivity contribution is -0.142. The molecule has 1 N–H and O–H groups in total. The topological polar surface area (TPSA) is 81.2 Å². The van der Waals surface area contributed by atoms with Crippen molar-refractivity contribution < 1.29 is 19.5 Å². The Balaban J connectivity index is 1.52. The molecule has 0 saturated carbocycles. The van der Waals surface area contributed by atoms with Crippen LogP contribution in [0.2, 0.25) is 5.02 Å². The average molecular weight is 670 g/mol. The second-order valence-electron chi connectivity index (χ2n) is 12.6. The maximum atomic E-state index is 15.3. The Morgan fingerprint density at radius 3 is 2.26 bits per heavy atom. The minimum absolute atomic E-state index is 0.0629. The van der Waals surface area contributed by atoms with E-state index < -0.39 is 28.7 Å². The number of para-hydroxylation sites is 2. The molecule has 9 heteroatoms. The molecule has 2 bridgehead atoms. The minimum atomic E-state index is -0.972. The fourth-order valence-corrected chi connectivity index (χ4v) is 10.9. The van der Waals surface area contributed by atoms with Crippen molar-refractivity contribution in [2.75, 3.05) is 29.5 Å². The Labute approximate surface area is 285 Å². The zero-order valence-electron chi connectivity index (χ0n) is 26.7. The number of aliphatic hydroxyl groups excluding tert-OH is 1. The third-order valence-corrected chi connectivity index (χ3v) is 12.5. The number of benzene rings is 3. The van der Waals surface area contributed by atoms with E-state index in [0.29, 0.717) is 17.1 Å². The molecule has 1 spiro atoms. The van der Waals surface area contributed by atoms with Crippen LogP contribution in [-0.4, -0.2) is 63.5 Å². The zero-order valence-corrected chi connectivity index (χ0v) is 28.2. The van der Waals surface area contributed by atoms with E-state index in [-0.39, 0.29) is 48.6 Å². The van der Waals surface area contributed by atoms with Crippen LogP contribution < -0.4 is 9.80 Å². The van der Waals surface area contributed by atoms with Crippen molar-refractivity contribution >= 4 is 52.5 Å². The molecule has 3 fully saturated rings. The van der Waals surface area contributed by atoms with Gasteiger partial charge in [0.05, 0.1) is 39.9 Å². The number of aryl methyl sites for hydroxylation is 1. The Morgan fingerprint density at radius 1 is 1.00 bits per heavy atom. The van der Waals surface area contributed by atoms with Gasteiger partial charge < -0.3 is 19.8 Å². The average Bonchev–Trinajstić information content (AvgIpc) is 3.67. The third-order valence-electron chi connectivity index (χ3n) is 10.1. The van der Waals surface area contributed by atoms with Crippen LogP contribution in [0, 0.1) is 24.7 Å². The molecule has 3 aliphatic rings. The van der Waals surface area contributed by atoms with Crippen molar-refractivity contribution in [2.24, 2.45) is 17.8 Å². The first kappa shape index (κ1) is 33.1. The molecule has 3 heterocycles. The van der Waals surface area contributed by atoms with E-state index in [4.69, 9.17) is 11.6 Å². The van der Waals surface area contributed by atoms with Gasteiger partial charge in [-0.25, -0.2) is 0 Å². The van der Waals surface area contributed by atoms with E-state index >= 15 is 9.59 Å². The first-order valence-corrected chi connectivity index (χ1v) is 17.3. The number of likely N-dealkylation sites (tertiary alicyclic amines) is 1. The molecule has 244 valence electrons. The smallest absolute Gasteiger partial charge is 0.251 e. The lowest BCUT2D eigenvalue weighted by Crippen LogP contribution is -2.58. The molecule has 47 heavy (non-hydrogen) atoms. The molecule has 3 unspecified atom stereocenters. The summed E-state index contributed by atoms with van der Waals surface area (Å²) in [7, 11) is 0. The van der Waals surface area contributed by atoms with Crippen LogP contribution >= 0.6 is 23.4 Å². The lowest BCUT2D eigenvalue weighted by Gasteiger charge is -2.42. The molecule has 3 saturated heterocycles. The van der Waals surface area contributed by atoms with Crippen LogP contribution in [0.25, 0.3) is 0 Å². The van der Waals surface area contributed by atoms with E-state index in [1.54, 1.807) is 44.7 Å². The number of amides is 3. The highest BCUT2D eigenvalue weighted by Crippen LogP contribution is 2.69. The molecule has 3 aromatic rings. The van der Waals surface area contributed by atoms with Crippen LogP contribution in [-0.2, 0) is 14.4 Å². The largest absolute Gasteiger partial charge is 0.394 e. The van der Waals surface area contributed by atoms with E-state index in [2.05, 4.69) is 20.1 Å². The summed E-state index contributed by atoms with van der Waals surface area (Å²) in [5.41, 5.74) is 2.82. The maximum absolute atomic E-state index is 15.3. The molecule has 6 rings (SSSR count). The van der Waals surface area contributed by atoms with E-state index in [0.717, 1.165) is 16.8 Å². The zero-order chi connectivity index (χ0) is 33.5. The van der Waals surface area contributed by atoms with Crippen LogP contribution in [0.3, 0.4) is 0 Å². The lowest BCUT2D eigenvalue weighted by atomic mass is 9.65. The Bertz CT molecular complexity index is 1670. The van der Waals surface area contributed by atoms with Gasteiger partial charge in [-0.1, -0.05) is 91.3 Å². The summed E-state index contributed by atoms with van der Waals surface area (Å²) in [6.45, 7) is 11.9. The van der Waals surface area contributed by atoms with Crippen LogP contribution in [0.1, 0.15) is 30.5 Å². The Morgan fingerprint density at radius 2 is 1.64 bits per heavy atom. The first-order valence-electron chi connectivity index (χ1n) is 16.0. The number of hydrogen-bond donors (Lipinski definition) is 1. The quantitative estimate of drug-likeness (QED) is 0.237. The van der Waals surface area contributed by atoms with Gasteiger partial charge in [0.25, 0.3) is 5.91 Å². The number of carbonyl (C=O) groups excluding carboxylic acids is 3. The molecule has 3 aromatic carbocycles. The Hall–Kier alpha value is -3.85. The monoisotopic (exact) mass is 669 g/mol. The molecule has 3 amide bonds. The maximum Gasteiger partial charge on any atom is 0.251 e. The van der Waals surface area contributed by atoms with E-state index in [1.807, 2.05) is 79.7 Å². The van der Waals surface area contributed by atoms with Gasteiger partial charge in [-0.2, -0.15) is 0 Å². The number of aliphatic hydroxyl groups is 1. The highest BCUT2D eigenvalue weighted by Gasteiger charge is 2.77. The van der Waals surface area contributed by atoms with Crippen molar-refractivity contribution in [1.29, 1.82) is 0 Å². The van der Waals surface area contributed by atoms with Crippen molar-refractivity contribution in [1.82, 2.24) is 4.90 Å². The van der Waals surface area contributed by atoms with Gasteiger partial charge in [-0.3, -0.25) is 14.4 Å². The van der Waals surface area contributed by atoms with E-state index in [1.165, 1.54) is 0 Å².